The van der Waals surface area contributed by atoms with Crippen LogP contribution in [0.4, 0.5) is 0 Å². The van der Waals surface area contributed by atoms with E-state index in [4.69, 9.17) is 19.2 Å². The summed E-state index contributed by atoms with van der Waals surface area (Å²) in [6.07, 6.45) is 4.51. The molecule has 1 aromatic carbocycles. The number of nitrogens with one attached hydrogen (secondary N) is 2. The highest BCUT2D eigenvalue weighted by atomic mass is 16.5. The van der Waals surface area contributed by atoms with E-state index >= 15 is 0 Å². The maximum absolute atomic E-state index is 5.51. The highest BCUT2D eigenvalue weighted by Crippen LogP contribution is 2.49. The molecule has 0 heterocycles. The van der Waals surface area contributed by atoms with Gasteiger partial charge in [-0.3, -0.25) is 4.99 Å². The lowest BCUT2D eigenvalue weighted by Crippen LogP contribution is -2.38. The van der Waals surface area contributed by atoms with E-state index in [2.05, 4.69) is 23.6 Å². The minimum absolute atomic E-state index is 0.362. The Hall–Kier alpha value is -1.95. The van der Waals surface area contributed by atoms with E-state index in [9.17, 15) is 0 Å². The summed E-state index contributed by atoms with van der Waals surface area (Å²) in [6, 6.07) is 6.04. The lowest BCUT2D eigenvalue weighted by molar-refractivity contribution is 0.129. The zero-order valence-electron chi connectivity index (χ0n) is 17.3. The predicted octanol–water partition coefficient (Wildman–Crippen LogP) is 3.01. The van der Waals surface area contributed by atoms with Crippen molar-refractivity contribution >= 4 is 5.96 Å². The molecule has 0 bridgehead atoms. The number of hydrogen-bond acceptors (Lipinski definition) is 4. The molecule has 1 aliphatic carbocycles. The van der Waals surface area contributed by atoms with Gasteiger partial charge in [0.2, 0.25) is 0 Å². The van der Waals surface area contributed by atoms with Crippen LogP contribution in [0.25, 0.3) is 0 Å². The molecule has 2 rings (SSSR count). The van der Waals surface area contributed by atoms with Crippen molar-refractivity contribution in [2.24, 2.45) is 10.4 Å². The second-order valence-electron chi connectivity index (χ2n) is 7.01. The number of benzene rings is 1. The molecule has 27 heavy (non-hydrogen) atoms. The Morgan fingerprint density at radius 2 is 1.89 bits per heavy atom. The van der Waals surface area contributed by atoms with Crippen molar-refractivity contribution in [1.82, 2.24) is 10.6 Å². The molecule has 6 nitrogen and oxygen atoms in total. The van der Waals surface area contributed by atoms with Gasteiger partial charge in [0, 0.05) is 32.8 Å². The molecule has 0 unspecified atom stereocenters. The van der Waals surface area contributed by atoms with Gasteiger partial charge >= 0.3 is 0 Å². The monoisotopic (exact) mass is 377 g/mol. The minimum Gasteiger partial charge on any atom is -0.493 e. The quantitative estimate of drug-likeness (QED) is 0.333. The van der Waals surface area contributed by atoms with Crippen molar-refractivity contribution < 1.29 is 14.2 Å². The summed E-state index contributed by atoms with van der Waals surface area (Å²) < 4.78 is 16.2. The van der Waals surface area contributed by atoms with Crippen LogP contribution in [0.2, 0.25) is 0 Å². The van der Waals surface area contributed by atoms with Gasteiger partial charge in [0.1, 0.15) is 0 Å². The molecule has 0 saturated heterocycles. The Labute approximate surface area is 163 Å². The maximum atomic E-state index is 5.51. The van der Waals surface area contributed by atoms with Crippen molar-refractivity contribution in [1.29, 1.82) is 0 Å². The SMILES string of the molecule is CCNC(=NCC1(CCOCC)CC1)NCCc1ccc(OC)c(OC)c1. The summed E-state index contributed by atoms with van der Waals surface area (Å²) in [6.45, 7) is 8.30. The van der Waals surface area contributed by atoms with Gasteiger partial charge in [0.25, 0.3) is 0 Å². The number of ether oxygens (including phenoxy) is 3. The fourth-order valence-corrected chi connectivity index (χ4v) is 3.05. The largest absolute Gasteiger partial charge is 0.493 e. The molecular formula is C21H35N3O3. The van der Waals surface area contributed by atoms with E-state index in [0.29, 0.717) is 5.41 Å². The van der Waals surface area contributed by atoms with Gasteiger partial charge in [-0.1, -0.05) is 6.07 Å². The first kappa shape index (κ1) is 21.4. The van der Waals surface area contributed by atoms with Crippen LogP contribution in [-0.4, -0.2) is 53.0 Å². The third-order valence-electron chi connectivity index (χ3n) is 5.01. The molecule has 1 fully saturated rings. The third kappa shape index (κ3) is 6.94. The topological polar surface area (TPSA) is 64.1 Å². The smallest absolute Gasteiger partial charge is 0.191 e. The molecule has 0 atom stereocenters. The van der Waals surface area contributed by atoms with Gasteiger partial charge in [0.15, 0.2) is 17.5 Å². The summed E-state index contributed by atoms with van der Waals surface area (Å²) in [4.78, 5) is 4.81. The number of hydrogen-bond donors (Lipinski definition) is 2. The van der Waals surface area contributed by atoms with Gasteiger partial charge < -0.3 is 24.8 Å². The number of nitrogens with zero attached hydrogens (tertiary/aromatic N) is 1. The van der Waals surface area contributed by atoms with E-state index in [1.54, 1.807) is 14.2 Å². The number of methoxy groups -OCH3 is 2. The lowest BCUT2D eigenvalue weighted by Gasteiger charge is -2.16. The van der Waals surface area contributed by atoms with E-state index in [1.165, 1.54) is 18.4 Å². The second kappa shape index (κ2) is 11.0. The molecule has 0 aromatic heterocycles. The van der Waals surface area contributed by atoms with Crippen LogP contribution in [0, 0.1) is 5.41 Å². The number of aliphatic imine (C=N–C) groups is 1. The van der Waals surface area contributed by atoms with Crippen LogP contribution in [0.1, 0.15) is 38.7 Å². The fourth-order valence-electron chi connectivity index (χ4n) is 3.05. The van der Waals surface area contributed by atoms with Crippen LogP contribution in [0.5, 0.6) is 11.5 Å². The van der Waals surface area contributed by atoms with Crippen LogP contribution >= 0.6 is 0 Å². The summed E-state index contributed by atoms with van der Waals surface area (Å²) >= 11 is 0. The average Bonchev–Trinajstić information content (AvgIpc) is 3.46. The van der Waals surface area contributed by atoms with Gasteiger partial charge in [-0.05, 0) is 62.6 Å². The lowest BCUT2D eigenvalue weighted by atomic mass is 10.0. The van der Waals surface area contributed by atoms with Gasteiger partial charge in [-0.2, -0.15) is 0 Å². The molecule has 0 aliphatic heterocycles. The highest BCUT2D eigenvalue weighted by Gasteiger charge is 2.41. The predicted molar refractivity (Wildman–Crippen MR) is 110 cm³/mol. The Kier molecular flexibility index (Phi) is 8.72. The van der Waals surface area contributed by atoms with Crippen LogP contribution in [0.3, 0.4) is 0 Å². The average molecular weight is 378 g/mol. The van der Waals surface area contributed by atoms with Gasteiger partial charge in [0.05, 0.1) is 14.2 Å². The Morgan fingerprint density at radius 3 is 2.52 bits per heavy atom. The van der Waals surface area contributed by atoms with Gasteiger partial charge in [-0.15, -0.1) is 0 Å². The van der Waals surface area contributed by atoms with E-state index < -0.39 is 0 Å². The molecule has 1 aromatic rings. The third-order valence-corrected chi connectivity index (χ3v) is 5.01. The first-order valence-corrected chi connectivity index (χ1v) is 9.97. The van der Waals surface area contributed by atoms with Crippen molar-refractivity contribution in [2.45, 2.75) is 39.5 Å². The second-order valence-corrected chi connectivity index (χ2v) is 7.01. The Bertz CT molecular complexity index is 600. The van der Waals surface area contributed by atoms with Crippen LogP contribution in [0.15, 0.2) is 23.2 Å². The van der Waals surface area contributed by atoms with Gasteiger partial charge in [-0.25, -0.2) is 0 Å². The maximum Gasteiger partial charge on any atom is 0.191 e. The van der Waals surface area contributed by atoms with Crippen molar-refractivity contribution in [3.05, 3.63) is 23.8 Å². The zero-order valence-corrected chi connectivity index (χ0v) is 17.3. The minimum atomic E-state index is 0.362. The fraction of sp³-hybridized carbons (Fsp3) is 0.667. The van der Waals surface area contributed by atoms with E-state index in [1.807, 2.05) is 19.1 Å². The molecule has 1 saturated carbocycles. The number of rotatable bonds is 12. The molecule has 2 N–H and O–H groups in total. The number of guanidine groups is 1. The molecule has 6 heteroatoms. The summed E-state index contributed by atoms with van der Waals surface area (Å²) in [5, 5.41) is 6.78. The normalized spacial score (nSPS) is 15.3. The van der Waals surface area contributed by atoms with Crippen LogP contribution in [-0.2, 0) is 11.2 Å². The first-order valence-electron chi connectivity index (χ1n) is 9.97. The first-order chi connectivity index (χ1) is 13.2. The molecule has 0 spiro atoms. The zero-order chi connectivity index (χ0) is 19.5. The van der Waals surface area contributed by atoms with E-state index in [-0.39, 0.29) is 0 Å². The summed E-state index contributed by atoms with van der Waals surface area (Å²) in [5.74, 6) is 2.41. The summed E-state index contributed by atoms with van der Waals surface area (Å²) in [7, 11) is 3.31. The van der Waals surface area contributed by atoms with Crippen LogP contribution < -0.4 is 20.1 Å². The molecule has 0 radical (unpaired) electrons. The Morgan fingerprint density at radius 1 is 1.11 bits per heavy atom. The summed E-state index contributed by atoms with van der Waals surface area (Å²) in [5.41, 5.74) is 1.56. The van der Waals surface area contributed by atoms with Crippen molar-refractivity contribution in [3.8, 4) is 11.5 Å². The van der Waals surface area contributed by atoms with Crippen molar-refractivity contribution in [3.63, 3.8) is 0 Å². The molecule has 152 valence electrons. The Balaban J connectivity index is 1.83. The standard InChI is InChI=1S/C21H35N3O3/c1-5-22-20(24-16-21(10-11-21)12-14-27-6-2)23-13-9-17-7-8-18(25-3)19(15-17)26-4/h7-8,15H,5-6,9-14,16H2,1-4H3,(H2,22,23,24). The van der Waals surface area contributed by atoms with E-state index in [0.717, 1.165) is 63.1 Å². The molecule has 0 amide bonds. The van der Waals surface area contributed by atoms with Crippen molar-refractivity contribution in [2.75, 3.05) is 47.1 Å². The highest BCUT2D eigenvalue weighted by molar-refractivity contribution is 5.79. The molecular weight excluding hydrogens is 342 g/mol. The molecule has 1 aliphatic rings.